The summed E-state index contributed by atoms with van der Waals surface area (Å²) in [5.41, 5.74) is 2.55. The fourth-order valence-corrected chi connectivity index (χ4v) is 5.87. The number of likely N-dealkylation sites (N-methyl/N-ethyl adjacent to an activating group) is 1. The highest BCUT2D eigenvalue weighted by atomic mass is 35.5. The third-order valence-electron chi connectivity index (χ3n) is 7.11. The van der Waals surface area contributed by atoms with Crippen LogP contribution in [0.2, 0.25) is 5.02 Å². The number of rotatable bonds is 2. The molecule has 1 aromatic rings. The maximum atomic E-state index is 13.9. The molecule has 0 aromatic heterocycles. The second-order valence-electron chi connectivity index (χ2n) is 8.99. The molecule has 9 nitrogen and oxygen atoms in total. The number of primary amides is 1. The molecule has 0 aliphatic heterocycles. The normalized spacial score (nSPS) is 31.5. The summed E-state index contributed by atoms with van der Waals surface area (Å²) in [5.74, 6) is -7.12. The van der Waals surface area contributed by atoms with Crippen molar-refractivity contribution in [2.75, 3.05) is 14.1 Å². The Balaban J connectivity index is 2.10. The van der Waals surface area contributed by atoms with E-state index in [1.165, 1.54) is 38.1 Å². The van der Waals surface area contributed by atoms with Gasteiger partial charge in [-0.25, -0.2) is 0 Å². The largest absolute Gasteiger partial charge is 0.510 e. The van der Waals surface area contributed by atoms with Gasteiger partial charge in [0, 0.05) is 28.0 Å². The van der Waals surface area contributed by atoms with Crippen LogP contribution in [0.4, 0.5) is 0 Å². The summed E-state index contributed by atoms with van der Waals surface area (Å²) < 4.78 is 0. The smallest absolute Gasteiger partial charge is 0.255 e. The van der Waals surface area contributed by atoms with Crippen LogP contribution in [0.25, 0.3) is 11.3 Å². The van der Waals surface area contributed by atoms with Crippen LogP contribution >= 0.6 is 11.6 Å². The Hall–Kier alpha value is -3.14. The molecule has 1 aromatic carbocycles. The summed E-state index contributed by atoms with van der Waals surface area (Å²) in [5, 5.41) is 44.1. The van der Waals surface area contributed by atoms with Crippen molar-refractivity contribution in [3.63, 3.8) is 0 Å². The lowest BCUT2D eigenvalue weighted by Gasteiger charge is -2.54. The first-order valence-electron chi connectivity index (χ1n) is 10.1. The minimum Gasteiger partial charge on any atom is -0.510 e. The van der Waals surface area contributed by atoms with Crippen LogP contribution in [0.5, 0.6) is 5.75 Å². The van der Waals surface area contributed by atoms with Gasteiger partial charge in [0.25, 0.3) is 5.91 Å². The zero-order valence-corrected chi connectivity index (χ0v) is 18.8. The van der Waals surface area contributed by atoms with Gasteiger partial charge in [-0.15, -0.1) is 0 Å². The van der Waals surface area contributed by atoms with Crippen molar-refractivity contribution in [3.8, 4) is 5.75 Å². The van der Waals surface area contributed by atoms with Crippen molar-refractivity contribution in [1.82, 2.24) is 4.90 Å². The third kappa shape index (κ3) is 2.70. The molecule has 0 spiro atoms. The number of nitrogens with two attached hydrogens (primary N) is 1. The molecule has 174 valence electrons. The molecule has 1 saturated carbocycles. The number of ketones is 2. The lowest BCUT2D eigenvalue weighted by molar-refractivity contribution is -0.148. The van der Waals surface area contributed by atoms with Crippen LogP contribution in [-0.2, 0) is 14.4 Å². The van der Waals surface area contributed by atoms with E-state index >= 15 is 0 Å². The van der Waals surface area contributed by atoms with Crippen LogP contribution in [0.1, 0.15) is 18.1 Å². The van der Waals surface area contributed by atoms with E-state index in [1.54, 1.807) is 0 Å². The number of fused-ring (bicyclic) bond motifs is 3. The van der Waals surface area contributed by atoms with Crippen LogP contribution in [-0.4, -0.2) is 69.0 Å². The number of allylic oxidation sites excluding steroid dienone is 1. The molecule has 3 aliphatic rings. The van der Waals surface area contributed by atoms with E-state index in [2.05, 4.69) is 6.58 Å². The summed E-state index contributed by atoms with van der Waals surface area (Å²) >= 11 is 6.30. The highest BCUT2D eigenvalue weighted by Crippen LogP contribution is 2.59. The first-order valence-corrected chi connectivity index (χ1v) is 10.5. The Kier molecular flexibility index (Phi) is 5.01. The fourth-order valence-electron chi connectivity index (χ4n) is 5.59. The predicted molar refractivity (Wildman–Crippen MR) is 119 cm³/mol. The number of Topliss-reactive ketones (excluding diaryl/α,β-unsaturated/α-hetero) is 2. The van der Waals surface area contributed by atoms with Gasteiger partial charge in [0.05, 0.1) is 23.1 Å². The van der Waals surface area contributed by atoms with E-state index in [0.717, 1.165) is 0 Å². The number of phenols is 1. The minimum atomic E-state index is -1.97. The molecule has 1 unspecified atom stereocenters. The number of hydrogen-bond acceptors (Lipinski definition) is 8. The second-order valence-corrected chi connectivity index (χ2v) is 9.40. The molecule has 5 atom stereocenters. The highest BCUT2D eigenvalue weighted by molar-refractivity contribution is 6.33. The average molecular weight is 475 g/mol. The number of halogens is 1. The molecule has 0 saturated heterocycles. The van der Waals surface area contributed by atoms with Gasteiger partial charge in [-0.2, -0.15) is 0 Å². The predicted octanol–water partition coefficient (Wildman–Crippen LogP) is 1.33. The van der Waals surface area contributed by atoms with Gasteiger partial charge in [-0.3, -0.25) is 19.3 Å². The lowest BCUT2D eigenvalue weighted by atomic mass is 9.51. The van der Waals surface area contributed by atoms with Gasteiger partial charge in [-0.05, 0) is 38.7 Å². The molecule has 6 N–H and O–H groups in total. The number of benzene rings is 1. The molecule has 1 amide bonds. The summed E-state index contributed by atoms with van der Waals surface area (Å²) in [7, 11) is 3.06. The van der Waals surface area contributed by atoms with Gasteiger partial charge in [0.15, 0.2) is 11.6 Å². The van der Waals surface area contributed by atoms with Gasteiger partial charge < -0.3 is 26.2 Å². The number of phenolic OH excluding ortho intramolecular Hbond substituents is 1. The van der Waals surface area contributed by atoms with Gasteiger partial charge in [0.1, 0.15) is 22.8 Å². The zero-order chi connectivity index (χ0) is 24.7. The molecule has 0 radical (unpaired) electrons. The standard InChI is InChI=1S/C23H23ClN2O7/c1-7-10-8(24)5-6-9(27)12(10)17(28)13-11(7)18(29)15-16(26(3)4)19(30)14(22(25)33)21(32)23(15,2)20(13)31/h5-6,11,15-16,18,27-29,32H,1H2,2-4H3,(H2,25,33)/t11?,15-,16+,18+,23-/m1/s1. The van der Waals surface area contributed by atoms with Crippen molar-refractivity contribution in [2.45, 2.75) is 19.1 Å². The van der Waals surface area contributed by atoms with Crippen LogP contribution in [0.3, 0.4) is 0 Å². The maximum absolute atomic E-state index is 13.9. The Bertz CT molecular complexity index is 1230. The van der Waals surface area contributed by atoms with E-state index in [9.17, 15) is 34.8 Å². The van der Waals surface area contributed by atoms with E-state index in [4.69, 9.17) is 17.3 Å². The van der Waals surface area contributed by atoms with Gasteiger partial charge in [-0.1, -0.05) is 18.2 Å². The van der Waals surface area contributed by atoms with E-state index in [-0.39, 0.29) is 33.0 Å². The number of amides is 1. The molecule has 0 bridgehead atoms. The van der Waals surface area contributed by atoms with Crippen molar-refractivity contribution >= 4 is 40.4 Å². The van der Waals surface area contributed by atoms with E-state index < -0.39 is 64.0 Å². The Morgan fingerprint density at radius 2 is 1.79 bits per heavy atom. The third-order valence-corrected chi connectivity index (χ3v) is 7.43. The summed E-state index contributed by atoms with van der Waals surface area (Å²) in [6, 6.07) is 1.44. The van der Waals surface area contributed by atoms with Crippen LogP contribution < -0.4 is 5.73 Å². The number of carbonyl (C=O) groups excluding carboxylic acids is 3. The monoisotopic (exact) mass is 474 g/mol. The topological polar surface area (TPSA) is 161 Å². The summed E-state index contributed by atoms with van der Waals surface area (Å²) in [6.45, 7) is 5.26. The van der Waals surface area contributed by atoms with Crippen molar-refractivity contribution in [1.29, 1.82) is 0 Å². The van der Waals surface area contributed by atoms with Crippen LogP contribution in [0, 0.1) is 17.3 Å². The molecular formula is C23H23ClN2O7. The number of nitrogens with zero attached hydrogens (tertiary/aromatic N) is 1. The number of hydrogen-bond donors (Lipinski definition) is 5. The van der Waals surface area contributed by atoms with E-state index in [1.807, 2.05) is 0 Å². The first kappa shape index (κ1) is 23.0. The highest BCUT2D eigenvalue weighted by Gasteiger charge is 2.66. The number of aliphatic hydroxyl groups is 3. The lowest BCUT2D eigenvalue weighted by Crippen LogP contribution is -2.65. The summed E-state index contributed by atoms with van der Waals surface area (Å²) in [6.07, 6.45) is -1.50. The molecule has 10 heteroatoms. The number of aliphatic hydroxyl groups excluding tert-OH is 3. The van der Waals surface area contributed by atoms with Crippen LogP contribution in [0.15, 0.2) is 35.6 Å². The first-order chi connectivity index (χ1) is 15.3. The molecule has 4 rings (SSSR count). The van der Waals surface area contributed by atoms with Crippen molar-refractivity contribution < 1.29 is 34.8 Å². The molecule has 3 aliphatic carbocycles. The van der Waals surface area contributed by atoms with Gasteiger partial charge >= 0.3 is 0 Å². The Morgan fingerprint density at radius 1 is 1.18 bits per heavy atom. The minimum absolute atomic E-state index is 0.129. The Morgan fingerprint density at radius 3 is 2.33 bits per heavy atom. The molecule has 1 fully saturated rings. The SMILES string of the molecule is C=C1c2c(Cl)ccc(O)c2C(O)=C2C(=O)[C@]3(C)C(O)=C(C(N)=O)C(=O)[C@@H](N(C)C)[C@@H]3[C@@H](O)C12. The Labute approximate surface area is 194 Å². The van der Waals surface area contributed by atoms with Crippen molar-refractivity contribution in [2.24, 2.45) is 23.0 Å². The maximum Gasteiger partial charge on any atom is 0.255 e. The van der Waals surface area contributed by atoms with E-state index in [0.29, 0.717) is 0 Å². The average Bonchev–Trinajstić information content (AvgIpc) is 2.72. The fraction of sp³-hybridized carbons (Fsp3) is 0.348. The summed E-state index contributed by atoms with van der Waals surface area (Å²) in [4.78, 5) is 40.6. The molecular weight excluding hydrogens is 452 g/mol. The quantitative estimate of drug-likeness (QED) is 0.401. The molecule has 0 heterocycles. The number of aromatic hydroxyl groups is 1. The van der Waals surface area contributed by atoms with Crippen molar-refractivity contribution in [3.05, 3.63) is 51.8 Å². The number of carbonyl (C=O) groups is 3. The second kappa shape index (κ2) is 7.18. The molecule has 33 heavy (non-hydrogen) atoms. The zero-order valence-electron chi connectivity index (χ0n) is 18.1. The van der Waals surface area contributed by atoms with Gasteiger partial charge in [0.2, 0.25) is 0 Å².